The maximum atomic E-state index is 12.8. The third-order valence-electron chi connectivity index (χ3n) is 4.76. The number of nitrogens with one attached hydrogen (secondary N) is 1. The molecule has 0 saturated carbocycles. The number of β-lactam (4-membered cyclic amide) rings is 1. The number of carboxylic acid groups (broad SMARTS) is 2. The summed E-state index contributed by atoms with van der Waals surface area (Å²) in [4.78, 5) is 49.9. The molecule has 148 valence electrons. The molecule has 4 atom stereocenters. The Morgan fingerprint density at radius 2 is 2.00 bits per heavy atom. The van der Waals surface area contributed by atoms with Crippen LogP contribution < -0.4 is 34.9 Å². The SMILES string of the molecule is CO[C@@]1(NC(=O)C(C(=O)O)c2ccsc2)C(=O)N2[C@@H](C(=O)O)C(C)(C)S[C@@H]21.[H-].[Na+]. The number of carbonyl (C=O) groups excluding carboxylic acids is 2. The molecular formula is C16H19N2NaO7S2. The fraction of sp³-hybridized carbons (Fsp3) is 0.500. The van der Waals surface area contributed by atoms with Gasteiger partial charge in [0.1, 0.15) is 11.4 Å². The van der Waals surface area contributed by atoms with Crippen molar-refractivity contribution in [1.82, 2.24) is 10.2 Å². The topological polar surface area (TPSA) is 133 Å². The van der Waals surface area contributed by atoms with Gasteiger partial charge in [-0.3, -0.25) is 14.4 Å². The minimum atomic E-state index is -1.80. The number of rotatable bonds is 6. The molecule has 3 N–H and O–H groups in total. The number of aliphatic carboxylic acids is 2. The zero-order chi connectivity index (χ0) is 20.1. The average Bonchev–Trinajstić information content (AvgIpc) is 3.16. The summed E-state index contributed by atoms with van der Waals surface area (Å²) in [5.74, 6) is -5.61. The number of thiophene rings is 1. The van der Waals surface area contributed by atoms with E-state index in [2.05, 4.69) is 5.32 Å². The van der Waals surface area contributed by atoms with Crippen LogP contribution in [0, 0.1) is 0 Å². The first-order valence-corrected chi connectivity index (χ1v) is 9.74. The van der Waals surface area contributed by atoms with Crippen molar-refractivity contribution in [3.8, 4) is 0 Å². The van der Waals surface area contributed by atoms with Crippen molar-refractivity contribution in [3.63, 3.8) is 0 Å². The van der Waals surface area contributed by atoms with E-state index in [1.54, 1.807) is 24.6 Å². The smallest absolute Gasteiger partial charge is 1.00 e. The third kappa shape index (κ3) is 3.37. The van der Waals surface area contributed by atoms with E-state index in [0.717, 1.165) is 4.90 Å². The van der Waals surface area contributed by atoms with Crippen molar-refractivity contribution in [3.05, 3.63) is 22.4 Å². The van der Waals surface area contributed by atoms with E-state index in [1.165, 1.54) is 36.3 Å². The summed E-state index contributed by atoms with van der Waals surface area (Å²) in [6.07, 6.45) is 0. The molecule has 1 aromatic heterocycles. The van der Waals surface area contributed by atoms with Gasteiger partial charge in [-0.1, -0.05) is 0 Å². The monoisotopic (exact) mass is 438 g/mol. The van der Waals surface area contributed by atoms with Crippen molar-refractivity contribution in [2.75, 3.05) is 7.11 Å². The van der Waals surface area contributed by atoms with E-state index in [0.29, 0.717) is 5.56 Å². The molecule has 1 aromatic rings. The van der Waals surface area contributed by atoms with E-state index < -0.39 is 51.6 Å². The fourth-order valence-electron chi connectivity index (χ4n) is 3.48. The van der Waals surface area contributed by atoms with Crippen molar-refractivity contribution in [2.45, 2.75) is 41.7 Å². The second kappa shape index (κ2) is 7.96. The van der Waals surface area contributed by atoms with Crippen LogP contribution in [0.25, 0.3) is 0 Å². The summed E-state index contributed by atoms with van der Waals surface area (Å²) >= 11 is 2.43. The number of carboxylic acids is 2. The Morgan fingerprint density at radius 3 is 2.46 bits per heavy atom. The Kier molecular flexibility index (Phi) is 6.59. The zero-order valence-electron chi connectivity index (χ0n) is 16.7. The Bertz CT molecular complexity index is 822. The number of amides is 2. The number of hydrogen-bond acceptors (Lipinski definition) is 7. The molecule has 2 aliphatic rings. The molecule has 2 amide bonds. The van der Waals surface area contributed by atoms with Crippen LogP contribution >= 0.6 is 23.1 Å². The van der Waals surface area contributed by atoms with Gasteiger partial charge in [0, 0.05) is 11.9 Å². The number of nitrogens with zero attached hydrogens (tertiary/aromatic N) is 1. The number of methoxy groups -OCH3 is 1. The van der Waals surface area contributed by atoms with Crippen molar-refractivity contribution < 1.29 is 65.1 Å². The van der Waals surface area contributed by atoms with E-state index in [4.69, 9.17) is 4.74 Å². The molecule has 2 saturated heterocycles. The summed E-state index contributed by atoms with van der Waals surface area (Å²) in [6.45, 7) is 3.38. The molecule has 0 radical (unpaired) electrons. The second-order valence-electron chi connectivity index (χ2n) is 6.78. The standard InChI is InChI=1S/C16H18N2O7S2.Na.H/c1-15(2)9(12(22)23)18-13(24)16(25-3,14(18)27-15)17-10(19)8(11(20)21)7-4-5-26-6-7;;/h4-6,8-9,14H,1-3H3,(H,17,19)(H,20,21)(H,22,23);;/q;+1;-1/t8?,9-,14+,16-;;/m0../s1. The molecule has 0 aromatic carbocycles. The van der Waals surface area contributed by atoms with Gasteiger partial charge in [-0.2, -0.15) is 11.3 Å². The molecule has 9 nitrogen and oxygen atoms in total. The van der Waals surface area contributed by atoms with Gasteiger partial charge in [0.05, 0.1) is 0 Å². The van der Waals surface area contributed by atoms with Crippen LogP contribution in [-0.4, -0.2) is 67.9 Å². The second-order valence-corrected chi connectivity index (χ2v) is 9.30. The molecule has 2 fully saturated rings. The van der Waals surface area contributed by atoms with Gasteiger partial charge in [-0.05, 0) is 36.2 Å². The fourth-order valence-corrected chi connectivity index (χ4v) is 5.84. The molecule has 0 aliphatic carbocycles. The maximum absolute atomic E-state index is 12.8. The Balaban J connectivity index is 0.00000210. The average molecular weight is 438 g/mol. The van der Waals surface area contributed by atoms with Crippen LogP contribution in [0.2, 0.25) is 0 Å². The Labute approximate surface area is 192 Å². The van der Waals surface area contributed by atoms with Crippen molar-refractivity contribution in [1.29, 1.82) is 0 Å². The van der Waals surface area contributed by atoms with Crippen molar-refractivity contribution in [2.24, 2.45) is 0 Å². The number of hydrogen-bond donors (Lipinski definition) is 3. The molecule has 2 aliphatic heterocycles. The van der Waals surface area contributed by atoms with Gasteiger partial charge >= 0.3 is 41.5 Å². The van der Waals surface area contributed by atoms with Crippen LogP contribution in [0.1, 0.15) is 26.8 Å². The van der Waals surface area contributed by atoms with Gasteiger partial charge in [0.15, 0.2) is 5.92 Å². The summed E-state index contributed by atoms with van der Waals surface area (Å²) < 4.78 is 4.50. The summed E-state index contributed by atoms with van der Waals surface area (Å²) in [5.41, 5.74) is -1.50. The van der Waals surface area contributed by atoms with E-state index in [-0.39, 0.29) is 31.0 Å². The first-order chi connectivity index (χ1) is 12.6. The minimum Gasteiger partial charge on any atom is -1.00 e. The molecule has 12 heteroatoms. The van der Waals surface area contributed by atoms with Gasteiger partial charge < -0.3 is 26.6 Å². The molecule has 0 bridgehead atoms. The van der Waals surface area contributed by atoms with E-state index in [1.807, 2.05) is 0 Å². The molecular weight excluding hydrogens is 419 g/mol. The van der Waals surface area contributed by atoms with Gasteiger partial charge in [0.25, 0.3) is 11.6 Å². The predicted molar refractivity (Wildman–Crippen MR) is 97.4 cm³/mol. The van der Waals surface area contributed by atoms with Gasteiger partial charge in [0.2, 0.25) is 5.91 Å². The first-order valence-electron chi connectivity index (χ1n) is 7.92. The minimum absolute atomic E-state index is 0. The summed E-state index contributed by atoms with van der Waals surface area (Å²) in [7, 11) is 1.22. The Morgan fingerprint density at radius 1 is 1.36 bits per heavy atom. The first kappa shape index (κ1) is 23.2. The van der Waals surface area contributed by atoms with Crippen LogP contribution in [0.15, 0.2) is 16.8 Å². The summed E-state index contributed by atoms with van der Waals surface area (Å²) in [6, 6.07) is 0.443. The number of carbonyl (C=O) groups is 4. The van der Waals surface area contributed by atoms with Crippen LogP contribution in [0.3, 0.4) is 0 Å². The largest absolute Gasteiger partial charge is 1.00 e. The molecule has 3 heterocycles. The van der Waals surface area contributed by atoms with Crippen LogP contribution in [0.5, 0.6) is 0 Å². The molecule has 28 heavy (non-hydrogen) atoms. The van der Waals surface area contributed by atoms with Gasteiger partial charge in [-0.25, -0.2) is 4.79 Å². The van der Waals surface area contributed by atoms with E-state index >= 15 is 0 Å². The summed E-state index contributed by atoms with van der Waals surface area (Å²) in [5, 5.41) is 23.8. The van der Waals surface area contributed by atoms with Crippen LogP contribution in [0.4, 0.5) is 0 Å². The zero-order valence-corrected chi connectivity index (χ0v) is 19.3. The molecule has 0 spiro atoms. The Hall–Kier alpha value is -1.11. The molecule has 3 rings (SSSR count). The number of fused-ring (bicyclic) bond motifs is 1. The third-order valence-corrected chi connectivity index (χ3v) is 7.07. The number of thioether (sulfide) groups is 1. The normalized spacial score (nSPS) is 28.5. The van der Waals surface area contributed by atoms with Crippen molar-refractivity contribution >= 4 is 46.9 Å². The van der Waals surface area contributed by atoms with E-state index in [9.17, 15) is 29.4 Å². The molecule has 1 unspecified atom stereocenters. The van der Waals surface area contributed by atoms with Crippen LogP contribution in [-0.2, 0) is 23.9 Å². The maximum Gasteiger partial charge on any atom is 1.00 e. The number of ether oxygens (including phenoxy) is 1. The predicted octanol–water partition coefficient (Wildman–Crippen LogP) is -2.36. The van der Waals surface area contributed by atoms with Gasteiger partial charge in [-0.15, -0.1) is 11.8 Å². The quantitative estimate of drug-likeness (QED) is 0.194.